The van der Waals surface area contributed by atoms with Crippen LogP contribution in [0.2, 0.25) is 0 Å². The molecule has 11 heteroatoms. The third kappa shape index (κ3) is 4.82. The van der Waals surface area contributed by atoms with Crippen molar-refractivity contribution >= 4 is 35.3 Å². The molecule has 0 saturated carbocycles. The second-order valence-electron chi connectivity index (χ2n) is 10.8. The zero-order chi connectivity index (χ0) is 27.0. The SMILES string of the molecule is O=C(CNC(=O)C1CCN(C(=O)N2CCNCC2)CC1)Nc1ccc2c(c1)CC1(C2)C(=O)Nc2ncccc21. The number of nitrogens with one attached hydrogen (secondary N) is 4. The number of carbonyl (C=O) groups is 4. The summed E-state index contributed by atoms with van der Waals surface area (Å²) < 4.78 is 0. The smallest absolute Gasteiger partial charge is 0.320 e. The molecule has 4 N–H and O–H groups in total. The molecule has 6 rings (SSSR count). The number of piperidine rings is 1. The van der Waals surface area contributed by atoms with Crippen LogP contribution in [0.25, 0.3) is 0 Å². The van der Waals surface area contributed by atoms with Crippen molar-refractivity contribution in [3.8, 4) is 0 Å². The number of aromatic nitrogens is 1. The van der Waals surface area contributed by atoms with E-state index >= 15 is 0 Å². The summed E-state index contributed by atoms with van der Waals surface area (Å²) in [6.07, 6.45) is 3.99. The molecule has 204 valence electrons. The van der Waals surface area contributed by atoms with E-state index in [-0.39, 0.29) is 36.2 Å². The molecule has 39 heavy (non-hydrogen) atoms. The summed E-state index contributed by atoms with van der Waals surface area (Å²) in [5.74, 6) is -0.0996. The predicted octanol–water partition coefficient (Wildman–Crippen LogP) is 0.862. The van der Waals surface area contributed by atoms with E-state index in [9.17, 15) is 19.2 Å². The van der Waals surface area contributed by atoms with Crippen LogP contribution in [0.3, 0.4) is 0 Å². The standard InChI is InChI=1S/C28H33N7O4/c36-23(17-31-25(37)18-5-10-34(11-6-18)27(39)35-12-8-29-9-13-35)32-21-4-3-19-15-28(16-20(19)14-21)22-2-1-7-30-24(22)33-26(28)38/h1-4,7,14,18,29H,5-6,8-13,15-17H2,(H,31,37)(H,32,36)(H,30,33,38). The maximum absolute atomic E-state index is 12.9. The van der Waals surface area contributed by atoms with Crippen LogP contribution in [0.4, 0.5) is 16.3 Å². The largest absolute Gasteiger partial charge is 0.347 e. The maximum Gasteiger partial charge on any atom is 0.320 e. The minimum absolute atomic E-state index is 0.0420. The lowest BCUT2D eigenvalue weighted by Crippen LogP contribution is -2.53. The van der Waals surface area contributed by atoms with E-state index in [4.69, 9.17) is 0 Å². The number of anilines is 2. The van der Waals surface area contributed by atoms with Gasteiger partial charge in [0.25, 0.3) is 0 Å². The molecule has 2 aromatic rings. The Kier molecular flexibility index (Phi) is 6.68. The zero-order valence-electron chi connectivity index (χ0n) is 21.8. The fourth-order valence-electron chi connectivity index (χ4n) is 6.25. The van der Waals surface area contributed by atoms with Crippen LogP contribution < -0.4 is 21.3 Å². The molecular formula is C28H33N7O4. The molecule has 1 aliphatic carbocycles. The number of hydrogen-bond donors (Lipinski definition) is 4. The number of benzene rings is 1. The quantitative estimate of drug-likeness (QED) is 0.462. The minimum atomic E-state index is -0.659. The highest BCUT2D eigenvalue weighted by Crippen LogP contribution is 2.46. The summed E-state index contributed by atoms with van der Waals surface area (Å²) in [7, 11) is 0. The number of likely N-dealkylation sites (tertiary alicyclic amines) is 1. The van der Waals surface area contributed by atoms with Crippen molar-refractivity contribution in [2.45, 2.75) is 31.1 Å². The van der Waals surface area contributed by atoms with Crippen molar-refractivity contribution in [3.05, 3.63) is 53.2 Å². The van der Waals surface area contributed by atoms with Gasteiger partial charge in [-0.05, 0) is 55.0 Å². The molecule has 4 heterocycles. The van der Waals surface area contributed by atoms with Crippen LogP contribution in [0.1, 0.15) is 29.5 Å². The summed E-state index contributed by atoms with van der Waals surface area (Å²) in [6.45, 7) is 4.00. The molecule has 0 radical (unpaired) electrons. The van der Waals surface area contributed by atoms with Crippen molar-refractivity contribution in [1.82, 2.24) is 25.4 Å². The number of carbonyl (C=O) groups excluding carboxylic acids is 4. The Morgan fingerprint density at radius 2 is 1.74 bits per heavy atom. The lowest BCUT2D eigenvalue weighted by atomic mass is 9.79. The number of urea groups is 1. The summed E-state index contributed by atoms with van der Waals surface area (Å²) in [4.78, 5) is 58.9. The lowest BCUT2D eigenvalue weighted by molar-refractivity contribution is -0.128. The van der Waals surface area contributed by atoms with E-state index < -0.39 is 5.41 Å². The van der Waals surface area contributed by atoms with Crippen molar-refractivity contribution in [2.24, 2.45) is 5.92 Å². The number of rotatable bonds is 4. The van der Waals surface area contributed by atoms with E-state index in [0.717, 1.165) is 29.8 Å². The molecule has 5 amide bonds. The van der Waals surface area contributed by atoms with Crippen molar-refractivity contribution in [2.75, 3.05) is 56.4 Å². The first kappa shape index (κ1) is 25.3. The van der Waals surface area contributed by atoms with Crippen molar-refractivity contribution < 1.29 is 19.2 Å². The van der Waals surface area contributed by atoms with E-state index in [1.54, 1.807) is 6.20 Å². The first-order valence-electron chi connectivity index (χ1n) is 13.6. The molecule has 1 unspecified atom stereocenters. The van der Waals surface area contributed by atoms with Crippen LogP contribution in [0, 0.1) is 5.92 Å². The van der Waals surface area contributed by atoms with Gasteiger partial charge in [-0.3, -0.25) is 14.4 Å². The minimum Gasteiger partial charge on any atom is -0.347 e. The second-order valence-corrected chi connectivity index (χ2v) is 10.8. The molecule has 0 bridgehead atoms. The summed E-state index contributed by atoms with van der Waals surface area (Å²) in [5.41, 5.74) is 2.99. The molecule has 3 aliphatic heterocycles. The Labute approximate surface area is 226 Å². The Hall–Kier alpha value is -3.99. The predicted molar refractivity (Wildman–Crippen MR) is 144 cm³/mol. The highest BCUT2D eigenvalue weighted by atomic mass is 16.2. The molecule has 4 aliphatic rings. The molecule has 1 spiro atoms. The second kappa shape index (κ2) is 10.3. The van der Waals surface area contributed by atoms with Gasteiger partial charge < -0.3 is 31.1 Å². The van der Waals surface area contributed by atoms with Crippen LogP contribution in [0.5, 0.6) is 0 Å². The number of hydrogen-bond acceptors (Lipinski definition) is 6. The Balaban J connectivity index is 0.989. The number of amides is 5. The first-order valence-corrected chi connectivity index (χ1v) is 13.6. The lowest BCUT2D eigenvalue weighted by Gasteiger charge is -2.36. The van der Waals surface area contributed by atoms with Crippen LogP contribution in [-0.2, 0) is 32.6 Å². The maximum atomic E-state index is 12.9. The van der Waals surface area contributed by atoms with Crippen molar-refractivity contribution in [3.63, 3.8) is 0 Å². The monoisotopic (exact) mass is 531 g/mol. The van der Waals surface area contributed by atoms with Crippen LogP contribution >= 0.6 is 0 Å². The number of pyridine rings is 1. The number of nitrogens with zero attached hydrogens (tertiary/aromatic N) is 3. The van der Waals surface area contributed by atoms with Gasteiger partial charge in [0.15, 0.2) is 0 Å². The van der Waals surface area contributed by atoms with E-state index in [1.165, 1.54) is 0 Å². The summed E-state index contributed by atoms with van der Waals surface area (Å²) in [6, 6.07) is 9.54. The molecule has 1 aromatic heterocycles. The van der Waals surface area contributed by atoms with Crippen LogP contribution in [0.15, 0.2) is 36.5 Å². The average Bonchev–Trinajstić information content (AvgIpc) is 3.48. The van der Waals surface area contributed by atoms with Gasteiger partial charge in [-0.15, -0.1) is 0 Å². The van der Waals surface area contributed by atoms with Crippen LogP contribution in [-0.4, -0.2) is 84.3 Å². The number of piperazine rings is 1. The van der Waals surface area contributed by atoms with Crippen molar-refractivity contribution in [1.29, 1.82) is 0 Å². The van der Waals surface area contributed by atoms with Gasteiger partial charge in [-0.1, -0.05) is 12.1 Å². The summed E-state index contributed by atoms with van der Waals surface area (Å²) in [5, 5.41) is 11.8. The van der Waals surface area contributed by atoms with Gasteiger partial charge >= 0.3 is 6.03 Å². The Bertz CT molecular complexity index is 1320. The Morgan fingerprint density at radius 3 is 2.54 bits per heavy atom. The third-order valence-corrected chi connectivity index (χ3v) is 8.41. The number of fused-ring (bicyclic) bond motifs is 3. The molecule has 1 aromatic carbocycles. The van der Waals surface area contributed by atoms with Gasteiger partial charge in [-0.2, -0.15) is 0 Å². The van der Waals surface area contributed by atoms with E-state index in [0.29, 0.717) is 63.4 Å². The zero-order valence-corrected chi connectivity index (χ0v) is 21.8. The van der Waals surface area contributed by atoms with E-state index in [1.807, 2.05) is 40.1 Å². The molecular weight excluding hydrogens is 498 g/mol. The fraction of sp³-hybridized carbons (Fsp3) is 0.464. The fourth-order valence-corrected chi connectivity index (χ4v) is 6.25. The van der Waals surface area contributed by atoms with Gasteiger partial charge in [0.2, 0.25) is 17.7 Å². The Morgan fingerprint density at radius 1 is 1.00 bits per heavy atom. The molecule has 2 saturated heterocycles. The third-order valence-electron chi connectivity index (χ3n) is 8.41. The highest BCUT2D eigenvalue weighted by molar-refractivity contribution is 6.06. The normalized spacial score (nSPS) is 22.3. The first-order chi connectivity index (χ1) is 18.9. The van der Waals surface area contributed by atoms with Gasteiger partial charge in [0.05, 0.1) is 12.0 Å². The topological polar surface area (TPSA) is 136 Å². The van der Waals surface area contributed by atoms with Gasteiger partial charge in [0, 0.05) is 62.6 Å². The summed E-state index contributed by atoms with van der Waals surface area (Å²) >= 11 is 0. The molecule has 1 atom stereocenters. The molecule has 2 fully saturated rings. The molecule has 11 nitrogen and oxygen atoms in total. The van der Waals surface area contributed by atoms with Gasteiger partial charge in [-0.25, -0.2) is 9.78 Å². The average molecular weight is 532 g/mol. The van der Waals surface area contributed by atoms with Gasteiger partial charge in [0.1, 0.15) is 5.82 Å². The van der Waals surface area contributed by atoms with E-state index in [2.05, 4.69) is 26.3 Å². The highest BCUT2D eigenvalue weighted by Gasteiger charge is 2.51.